The standard InChI is InChI=1S/C16H13FN4O3/c1-20-13-11(15(23)21(2)16(20)24)7-9(8-18-13)19-14(22)10-5-3-4-6-12(10)17/h3-8H,1-2H3,(H,19,22). The predicted molar refractivity (Wildman–Crippen MR) is 86.6 cm³/mol. The summed E-state index contributed by atoms with van der Waals surface area (Å²) >= 11 is 0. The van der Waals surface area contributed by atoms with E-state index in [1.54, 1.807) is 6.07 Å². The first-order valence-corrected chi connectivity index (χ1v) is 7.02. The maximum atomic E-state index is 13.6. The van der Waals surface area contributed by atoms with E-state index in [-0.39, 0.29) is 22.3 Å². The summed E-state index contributed by atoms with van der Waals surface area (Å²) in [6, 6.07) is 6.96. The number of rotatable bonds is 2. The Kier molecular flexibility index (Phi) is 3.72. The van der Waals surface area contributed by atoms with Crippen LogP contribution >= 0.6 is 0 Å². The van der Waals surface area contributed by atoms with Crippen molar-refractivity contribution >= 4 is 22.6 Å². The molecule has 0 aliphatic carbocycles. The summed E-state index contributed by atoms with van der Waals surface area (Å²) in [4.78, 5) is 40.2. The Bertz CT molecular complexity index is 1080. The molecule has 0 aliphatic heterocycles. The van der Waals surface area contributed by atoms with E-state index < -0.39 is 23.0 Å². The molecule has 7 nitrogen and oxygen atoms in total. The van der Waals surface area contributed by atoms with E-state index in [0.29, 0.717) is 0 Å². The minimum Gasteiger partial charge on any atom is -0.320 e. The van der Waals surface area contributed by atoms with Crippen LogP contribution in [0.2, 0.25) is 0 Å². The molecule has 1 amide bonds. The van der Waals surface area contributed by atoms with E-state index in [9.17, 15) is 18.8 Å². The van der Waals surface area contributed by atoms with E-state index in [1.807, 2.05) is 0 Å². The van der Waals surface area contributed by atoms with Crippen LogP contribution in [0.3, 0.4) is 0 Å². The summed E-state index contributed by atoms with van der Waals surface area (Å²) < 4.78 is 15.8. The molecule has 2 aromatic heterocycles. The number of carbonyl (C=O) groups is 1. The average molecular weight is 328 g/mol. The Balaban J connectivity index is 2.06. The van der Waals surface area contributed by atoms with E-state index >= 15 is 0 Å². The van der Waals surface area contributed by atoms with Crippen molar-refractivity contribution in [3.63, 3.8) is 0 Å². The molecule has 3 rings (SSSR count). The zero-order valence-electron chi connectivity index (χ0n) is 12.9. The van der Waals surface area contributed by atoms with Crippen LogP contribution in [-0.4, -0.2) is 20.0 Å². The van der Waals surface area contributed by atoms with Crippen molar-refractivity contribution in [3.8, 4) is 0 Å². The fourth-order valence-electron chi connectivity index (χ4n) is 2.38. The fourth-order valence-corrected chi connectivity index (χ4v) is 2.38. The number of nitrogens with one attached hydrogen (secondary N) is 1. The van der Waals surface area contributed by atoms with Crippen molar-refractivity contribution in [1.29, 1.82) is 0 Å². The average Bonchev–Trinajstić information content (AvgIpc) is 2.58. The van der Waals surface area contributed by atoms with Crippen molar-refractivity contribution in [3.05, 3.63) is 68.7 Å². The molecule has 0 saturated carbocycles. The molecule has 0 bridgehead atoms. The number of nitrogens with zero attached hydrogens (tertiary/aromatic N) is 3. The summed E-state index contributed by atoms with van der Waals surface area (Å²) in [5, 5.41) is 2.67. The van der Waals surface area contributed by atoms with Gasteiger partial charge in [-0.2, -0.15) is 0 Å². The molecule has 3 aromatic rings. The summed E-state index contributed by atoms with van der Waals surface area (Å²) in [5.74, 6) is -1.31. The van der Waals surface area contributed by atoms with E-state index in [4.69, 9.17) is 0 Å². The number of halogens is 1. The van der Waals surface area contributed by atoms with Crippen molar-refractivity contribution in [2.75, 3.05) is 5.32 Å². The van der Waals surface area contributed by atoms with Crippen LogP contribution < -0.4 is 16.6 Å². The third kappa shape index (κ3) is 2.47. The Morgan fingerprint density at radius 3 is 2.58 bits per heavy atom. The van der Waals surface area contributed by atoms with Crippen LogP contribution in [0.5, 0.6) is 0 Å². The molecule has 1 aromatic carbocycles. The van der Waals surface area contributed by atoms with Crippen LogP contribution in [0.1, 0.15) is 10.4 Å². The molecular formula is C16H13FN4O3. The summed E-state index contributed by atoms with van der Waals surface area (Å²) in [6.07, 6.45) is 1.31. The number of hydrogen-bond acceptors (Lipinski definition) is 4. The first-order chi connectivity index (χ1) is 11.4. The quantitative estimate of drug-likeness (QED) is 0.761. The maximum absolute atomic E-state index is 13.6. The molecule has 0 fully saturated rings. The van der Waals surface area contributed by atoms with Gasteiger partial charge in [-0.05, 0) is 18.2 Å². The highest BCUT2D eigenvalue weighted by Crippen LogP contribution is 2.14. The first kappa shape index (κ1) is 15.6. The monoisotopic (exact) mass is 328 g/mol. The van der Waals surface area contributed by atoms with Gasteiger partial charge in [0.2, 0.25) is 0 Å². The van der Waals surface area contributed by atoms with Gasteiger partial charge in [-0.15, -0.1) is 0 Å². The van der Waals surface area contributed by atoms with Gasteiger partial charge in [-0.25, -0.2) is 14.2 Å². The van der Waals surface area contributed by atoms with Gasteiger partial charge in [0.05, 0.1) is 22.8 Å². The molecule has 1 N–H and O–H groups in total. The van der Waals surface area contributed by atoms with Gasteiger partial charge in [-0.3, -0.25) is 18.7 Å². The van der Waals surface area contributed by atoms with Crippen molar-refractivity contribution in [2.45, 2.75) is 0 Å². The SMILES string of the molecule is Cn1c(=O)c2cc(NC(=O)c3ccccc3F)cnc2n(C)c1=O. The van der Waals surface area contributed by atoms with Crippen LogP contribution in [0.15, 0.2) is 46.1 Å². The summed E-state index contributed by atoms with van der Waals surface area (Å²) in [6.45, 7) is 0. The number of benzene rings is 1. The summed E-state index contributed by atoms with van der Waals surface area (Å²) in [5.41, 5.74) is -0.713. The summed E-state index contributed by atoms with van der Waals surface area (Å²) in [7, 11) is 2.85. The molecule has 0 aliphatic rings. The van der Waals surface area contributed by atoms with Gasteiger partial charge < -0.3 is 5.32 Å². The molecule has 0 saturated heterocycles. The zero-order chi connectivity index (χ0) is 17.4. The number of pyridine rings is 1. The number of fused-ring (bicyclic) bond motifs is 1. The van der Waals surface area contributed by atoms with Gasteiger partial charge >= 0.3 is 5.69 Å². The van der Waals surface area contributed by atoms with Crippen LogP contribution in [-0.2, 0) is 14.1 Å². The number of aromatic nitrogens is 3. The van der Waals surface area contributed by atoms with Gasteiger partial charge in [0.1, 0.15) is 11.5 Å². The number of aryl methyl sites for hydroxylation is 1. The highest BCUT2D eigenvalue weighted by Gasteiger charge is 2.14. The predicted octanol–water partition coefficient (Wildman–Crippen LogP) is 1.02. The normalized spacial score (nSPS) is 10.8. The minimum atomic E-state index is -0.657. The highest BCUT2D eigenvalue weighted by atomic mass is 19.1. The van der Waals surface area contributed by atoms with E-state index in [0.717, 1.165) is 4.57 Å². The van der Waals surface area contributed by atoms with Crippen LogP contribution in [0.25, 0.3) is 11.0 Å². The third-order valence-electron chi connectivity index (χ3n) is 3.67. The molecule has 0 radical (unpaired) electrons. The largest absolute Gasteiger partial charge is 0.332 e. The lowest BCUT2D eigenvalue weighted by atomic mass is 10.2. The Morgan fingerprint density at radius 1 is 1.17 bits per heavy atom. The van der Waals surface area contributed by atoms with E-state index in [2.05, 4.69) is 10.3 Å². The van der Waals surface area contributed by atoms with Gasteiger partial charge in [0.15, 0.2) is 0 Å². The van der Waals surface area contributed by atoms with Crippen LogP contribution in [0.4, 0.5) is 10.1 Å². The fraction of sp³-hybridized carbons (Fsp3) is 0.125. The second-order valence-corrected chi connectivity index (χ2v) is 5.23. The van der Waals surface area contributed by atoms with Crippen molar-refractivity contribution in [1.82, 2.24) is 14.1 Å². The third-order valence-corrected chi connectivity index (χ3v) is 3.67. The highest BCUT2D eigenvalue weighted by molar-refractivity contribution is 6.04. The maximum Gasteiger partial charge on any atom is 0.332 e. The lowest BCUT2D eigenvalue weighted by Gasteiger charge is -2.09. The first-order valence-electron chi connectivity index (χ1n) is 7.02. The second-order valence-electron chi connectivity index (χ2n) is 5.23. The van der Waals surface area contributed by atoms with Gasteiger partial charge in [0.25, 0.3) is 11.5 Å². The molecule has 24 heavy (non-hydrogen) atoms. The number of carbonyl (C=O) groups excluding carboxylic acids is 1. The Hall–Kier alpha value is -3.29. The molecule has 0 spiro atoms. The molecule has 0 unspecified atom stereocenters. The van der Waals surface area contributed by atoms with Crippen LogP contribution in [0, 0.1) is 5.82 Å². The van der Waals surface area contributed by atoms with Crippen molar-refractivity contribution < 1.29 is 9.18 Å². The molecule has 2 heterocycles. The molecule has 8 heteroatoms. The molecule has 0 atom stereocenters. The number of amides is 1. The van der Waals surface area contributed by atoms with E-state index in [1.165, 1.54) is 49.1 Å². The smallest absolute Gasteiger partial charge is 0.320 e. The van der Waals surface area contributed by atoms with Gasteiger partial charge in [-0.1, -0.05) is 12.1 Å². The van der Waals surface area contributed by atoms with Crippen molar-refractivity contribution in [2.24, 2.45) is 14.1 Å². The van der Waals surface area contributed by atoms with Gasteiger partial charge in [0, 0.05) is 14.1 Å². The number of hydrogen-bond donors (Lipinski definition) is 1. The topological polar surface area (TPSA) is 86.0 Å². The lowest BCUT2D eigenvalue weighted by molar-refractivity contribution is 0.102. The number of anilines is 1. The zero-order valence-corrected chi connectivity index (χ0v) is 12.9. The minimum absolute atomic E-state index is 0.119. The second kappa shape index (κ2) is 5.73. The lowest BCUT2D eigenvalue weighted by Crippen LogP contribution is -2.37. The molecular weight excluding hydrogens is 315 g/mol. The Labute approximate surface area is 135 Å². The molecule has 122 valence electrons. The Morgan fingerprint density at radius 2 is 1.88 bits per heavy atom.